The minimum Gasteiger partial charge on any atom is -0.335 e. The van der Waals surface area contributed by atoms with Gasteiger partial charge in [-0.15, -0.1) is 0 Å². The summed E-state index contributed by atoms with van der Waals surface area (Å²) in [7, 11) is 1.67. The largest absolute Gasteiger partial charge is 0.335 e. The van der Waals surface area contributed by atoms with Crippen LogP contribution >= 0.6 is 0 Å². The summed E-state index contributed by atoms with van der Waals surface area (Å²) in [5.74, 6) is -0.151. The molecule has 0 aromatic heterocycles. The van der Waals surface area contributed by atoms with Crippen molar-refractivity contribution in [3.63, 3.8) is 0 Å². The molecule has 1 amide bonds. The van der Waals surface area contributed by atoms with Gasteiger partial charge in [0.05, 0.1) is 11.0 Å². The molecule has 20 heavy (non-hydrogen) atoms. The van der Waals surface area contributed by atoms with Gasteiger partial charge in [-0.1, -0.05) is 30.4 Å². The molecule has 106 valence electrons. The van der Waals surface area contributed by atoms with Gasteiger partial charge in [-0.2, -0.15) is 0 Å². The second kappa shape index (κ2) is 7.23. The molecule has 1 aromatic carbocycles. The average molecular weight is 274 g/mol. The van der Waals surface area contributed by atoms with E-state index >= 15 is 0 Å². The Labute approximate surface area is 118 Å². The molecule has 0 spiro atoms. The van der Waals surface area contributed by atoms with E-state index in [4.69, 9.17) is 0 Å². The van der Waals surface area contributed by atoms with E-state index in [1.165, 1.54) is 18.2 Å². The van der Waals surface area contributed by atoms with E-state index in [0.717, 1.165) is 5.56 Å². The van der Waals surface area contributed by atoms with Gasteiger partial charge in [-0.3, -0.25) is 14.9 Å². The maximum Gasteiger partial charge on any atom is 0.269 e. The smallest absolute Gasteiger partial charge is 0.269 e. The number of hydrogen-bond donors (Lipinski definition) is 0. The lowest BCUT2D eigenvalue weighted by Gasteiger charge is -2.24. The Hall–Kier alpha value is -2.43. The van der Waals surface area contributed by atoms with Crippen molar-refractivity contribution >= 4 is 11.6 Å². The van der Waals surface area contributed by atoms with Gasteiger partial charge in [0, 0.05) is 25.3 Å². The van der Waals surface area contributed by atoms with Crippen LogP contribution in [0, 0.1) is 10.1 Å². The number of nitro benzene ring substituents is 1. The monoisotopic (exact) mass is 274 g/mol. The molecule has 0 N–H and O–H groups in total. The van der Waals surface area contributed by atoms with Crippen molar-refractivity contribution in [3.05, 3.63) is 64.2 Å². The predicted molar refractivity (Wildman–Crippen MR) is 78.2 cm³/mol. The number of non-ortho nitro benzene ring substituents is 1. The standard InChI is InChI=1S/C15H18N2O3/c1-4-5-6-10-15(18)16(3)12(2)13-8-7-9-14(11-13)17(19)20/h4-12H,1-3H3/b5-4+,10-6+/t12-/m0/s1. The summed E-state index contributed by atoms with van der Waals surface area (Å²) in [6.45, 7) is 3.70. The molecule has 0 heterocycles. The molecule has 0 aliphatic carbocycles. The summed E-state index contributed by atoms with van der Waals surface area (Å²) in [5.41, 5.74) is 0.758. The lowest BCUT2D eigenvalue weighted by Crippen LogP contribution is -2.28. The fourth-order valence-electron chi connectivity index (χ4n) is 1.68. The number of benzene rings is 1. The maximum atomic E-state index is 11.9. The third-order valence-electron chi connectivity index (χ3n) is 3.03. The number of nitrogens with zero attached hydrogens (tertiary/aromatic N) is 2. The van der Waals surface area contributed by atoms with Gasteiger partial charge in [0.15, 0.2) is 0 Å². The molecule has 0 unspecified atom stereocenters. The van der Waals surface area contributed by atoms with E-state index in [-0.39, 0.29) is 17.6 Å². The lowest BCUT2D eigenvalue weighted by atomic mass is 10.1. The minimum atomic E-state index is -0.440. The molecule has 1 aromatic rings. The first kappa shape index (κ1) is 15.6. The fraction of sp³-hybridized carbons (Fsp3) is 0.267. The minimum absolute atomic E-state index is 0.0275. The molecule has 0 radical (unpaired) electrons. The summed E-state index contributed by atoms with van der Waals surface area (Å²) in [6.07, 6.45) is 6.73. The van der Waals surface area contributed by atoms with Crippen molar-refractivity contribution in [2.24, 2.45) is 0 Å². The van der Waals surface area contributed by atoms with E-state index in [0.29, 0.717) is 0 Å². The molecule has 0 fully saturated rings. The summed E-state index contributed by atoms with van der Waals surface area (Å²) in [4.78, 5) is 23.8. The average Bonchev–Trinajstić information content (AvgIpc) is 2.45. The van der Waals surface area contributed by atoms with Crippen molar-refractivity contribution in [2.45, 2.75) is 19.9 Å². The van der Waals surface area contributed by atoms with Crippen LogP contribution in [0.15, 0.2) is 48.6 Å². The molecular formula is C15H18N2O3. The predicted octanol–water partition coefficient (Wildman–Crippen LogP) is 3.25. The van der Waals surface area contributed by atoms with Crippen LogP contribution in [0.25, 0.3) is 0 Å². The van der Waals surface area contributed by atoms with Crippen LogP contribution in [0.5, 0.6) is 0 Å². The highest BCUT2D eigenvalue weighted by Crippen LogP contribution is 2.23. The van der Waals surface area contributed by atoms with Gasteiger partial charge < -0.3 is 4.90 Å². The number of hydrogen-bond acceptors (Lipinski definition) is 3. The van der Waals surface area contributed by atoms with Crippen molar-refractivity contribution in [3.8, 4) is 0 Å². The molecule has 0 saturated heterocycles. The number of carbonyl (C=O) groups excluding carboxylic acids is 1. The van der Waals surface area contributed by atoms with Crippen LogP contribution in [0.2, 0.25) is 0 Å². The second-order valence-corrected chi connectivity index (χ2v) is 4.36. The topological polar surface area (TPSA) is 63.5 Å². The molecule has 0 aliphatic rings. The van der Waals surface area contributed by atoms with E-state index in [1.807, 2.05) is 19.9 Å². The molecular weight excluding hydrogens is 256 g/mol. The van der Waals surface area contributed by atoms with Gasteiger partial charge in [0.2, 0.25) is 5.91 Å². The van der Waals surface area contributed by atoms with Crippen molar-refractivity contribution < 1.29 is 9.72 Å². The van der Waals surface area contributed by atoms with Crippen LogP contribution in [-0.4, -0.2) is 22.8 Å². The van der Waals surface area contributed by atoms with E-state index in [9.17, 15) is 14.9 Å². The van der Waals surface area contributed by atoms with Crippen molar-refractivity contribution in [1.82, 2.24) is 4.90 Å². The summed E-state index contributed by atoms with van der Waals surface area (Å²) in [6, 6.07) is 6.08. The number of carbonyl (C=O) groups is 1. The second-order valence-electron chi connectivity index (χ2n) is 4.36. The van der Waals surface area contributed by atoms with Gasteiger partial charge in [0.25, 0.3) is 5.69 Å². The van der Waals surface area contributed by atoms with Crippen LogP contribution in [0.1, 0.15) is 25.5 Å². The third kappa shape index (κ3) is 4.05. The lowest BCUT2D eigenvalue weighted by molar-refractivity contribution is -0.384. The summed E-state index contributed by atoms with van der Waals surface area (Å²) in [5, 5.41) is 10.8. The first-order chi connectivity index (χ1) is 9.47. The quantitative estimate of drug-likeness (QED) is 0.358. The van der Waals surface area contributed by atoms with Crippen LogP contribution < -0.4 is 0 Å². The molecule has 1 atom stereocenters. The van der Waals surface area contributed by atoms with Gasteiger partial charge >= 0.3 is 0 Å². The number of amides is 1. The Kier molecular flexibility index (Phi) is 5.65. The first-order valence-corrected chi connectivity index (χ1v) is 6.28. The zero-order valence-corrected chi connectivity index (χ0v) is 11.8. The van der Waals surface area contributed by atoms with Gasteiger partial charge in [0.1, 0.15) is 0 Å². The van der Waals surface area contributed by atoms with Gasteiger partial charge in [-0.05, 0) is 19.4 Å². The number of allylic oxidation sites excluding steroid dienone is 3. The van der Waals surface area contributed by atoms with E-state index in [2.05, 4.69) is 0 Å². The van der Waals surface area contributed by atoms with E-state index < -0.39 is 4.92 Å². The summed E-state index contributed by atoms with van der Waals surface area (Å²) >= 11 is 0. The zero-order chi connectivity index (χ0) is 15.1. The number of nitro groups is 1. The fourth-order valence-corrected chi connectivity index (χ4v) is 1.68. The molecule has 0 bridgehead atoms. The normalized spacial score (nSPS) is 12.8. The first-order valence-electron chi connectivity index (χ1n) is 6.28. The Balaban J connectivity index is 2.88. The van der Waals surface area contributed by atoms with Crippen molar-refractivity contribution in [1.29, 1.82) is 0 Å². The Morgan fingerprint density at radius 2 is 2.10 bits per heavy atom. The third-order valence-corrected chi connectivity index (χ3v) is 3.03. The Bertz CT molecular complexity index is 550. The molecule has 0 aliphatic heterocycles. The Morgan fingerprint density at radius 3 is 2.70 bits per heavy atom. The molecule has 1 rings (SSSR count). The zero-order valence-electron chi connectivity index (χ0n) is 11.8. The maximum absolute atomic E-state index is 11.9. The highest BCUT2D eigenvalue weighted by molar-refractivity contribution is 5.88. The molecule has 5 nitrogen and oxygen atoms in total. The molecule has 0 saturated carbocycles. The number of likely N-dealkylation sites (N-methyl/N-ethyl adjacent to an activating group) is 1. The van der Waals surface area contributed by atoms with Crippen LogP contribution in [0.3, 0.4) is 0 Å². The van der Waals surface area contributed by atoms with Crippen molar-refractivity contribution in [2.75, 3.05) is 7.05 Å². The van der Waals surface area contributed by atoms with Crippen LogP contribution in [0.4, 0.5) is 5.69 Å². The summed E-state index contributed by atoms with van der Waals surface area (Å²) < 4.78 is 0. The highest BCUT2D eigenvalue weighted by Gasteiger charge is 2.17. The SMILES string of the molecule is C/C=C/C=C/C(=O)N(C)[C@@H](C)c1cccc([N+](=O)[O-])c1. The Morgan fingerprint density at radius 1 is 1.40 bits per heavy atom. The highest BCUT2D eigenvalue weighted by atomic mass is 16.6. The molecule has 5 heteroatoms. The number of rotatable bonds is 5. The van der Waals surface area contributed by atoms with Gasteiger partial charge in [-0.25, -0.2) is 0 Å². The van der Waals surface area contributed by atoms with E-state index in [1.54, 1.807) is 36.2 Å². The van der Waals surface area contributed by atoms with Crippen LogP contribution in [-0.2, 0) is 4.79 Å².